The number of carbonyl (C=O) groups excluding carboxylic acids is 1. The van der Waals surface area contributed by atoms with Crippen LogP contribution < -0.4 is 19.6 Å². The highest BCUT2D eigenvalue weighted by molar-refractivity contribution is 6.02. The molecule has 4 aromatic rings. The van der Waals surface area contributed by atoms with Crippen LogP contribution in [0.1, 0.15) is 28.4 Å². The van der Waals surface area contributed by atoms with E-state index in [4.69, 9.17) is 14.2 Å². The Kier molecular flexibility index (Phi) is 7.95. The van der Waals surface area contributed by atoms with Crippen molar-refractivity contribution in [3.8, 4) is 17.2 Å². The number of benzene rings is 4. The summed E-state index contributed by atoms with van der Waals surface area (Å²) in [4.78, 5) is 23.1. The van der Waals surface area contributed by atoms with Crippen molar-refractivity contribution in [2.45, 2.75) is 13.5 Å². The summed E-state index contributed by atoms with van der Waals surface area (Å²) >= 11 is 0. The second-order valence-corrected chi connectivity index (χ2v) is 7.95. The number of hydrogen-bond acceptors (Lipinski definition) is 7. The Bertz CT molecular complexity index is 1450. The largest absolute Gasteiger partial charge is 0.496 e. The van der Waals surface area contributed by atoms with Gasteiger partial charge in [0.05, 0.1) is 30.4 Å². The number of methoxy groups -OCH3 is 1. The Morgan fingerprint density at radius 2 is 1.68 bits per heavy atom. The molecule has 4 rings (SSSR count). The van der Waals surface area contributed by atoms with Crippen LogP contribution in [-0.4, -0.2) is 30.8 Å². The zero-order chi connectivity index (χ0) is 26.2. The van der Waals surface area contributed by atoms with Crippen LogP contribution in [0.25, 0.3) is 10.8 Å². The monoisotopic (exact) mass is 499 g/mol. The summed E-state index contributed by atoms with van der Waals surface area (Å²) in [5, 5.41) is 16.8. The molecular weight excluding hydrogens is 474 g/mol. The van der Waals surface area contributed by atoms with Gasteiger partial charge in [0.25, 0.3) is 11.6 Å². The van der Waals surface area contributed by atoms with E-state index in [-0.39, 0.29) is 12.3 Å². The first-order chi connectivity index (χ1) is 18.0. The standard InChI is InChI=1S/C28H25N3O6/c1-3-36-27-14-20(10-13-25(27)37-18-19-8-11-23(12-9-19)31(33)34)17-29-30-28(32)24-15-21-6-4-5-7-22(21)16-26(24)35-2/h4-17H,3,18H2,1-2H3,(H,30,32). The molecule has 0 aliphatic rings. The number of carbonyl (C=O) groups is 1. The molecule has 0 fully saturated rings. The first-order valence-electron chi connectivity index (χ1n) is 11.5. The summed E-state index contributed by atoms with van der Waals surface area (Å²) in [7, 11) is 1.52. The summed E-state index contributed by atoms with van der Waals surface area (Å²) in [5.41, 5.74) is 4.42. The number of non-ortho nitro benzene ring substituents is 1. The van der Waals surface area contributed by atoms with E-state index in [1.165, 1.54) is 25.5 Å². The summed E-state index contributed by atoms with van der Waals surface area (Å²) in [5.74, 6) is 1.09. The number of amides is 1. The number of fused-ring (bicyclic) bond motifs is 1. The number of ether oxygens (including phenoxy) is 3. The molecule has 0 spiro atoms. The number of nitrogens with one attached hydrogen (secondary N) is 1. The van der Waals surface area contributed by atoms with Gasteiger partial charge in [0.2, 0.25) is 0 Å². The van der Waals surface area contributed by atoms with Crippen molar-refractivity contribution in [3.05, 3.63) is 106 Å². The summed E-state index contributed by atoms with van der Waals surface area (Å²) in [6, 6.07) is 22.7. The Labute approximate surface area is 213 Å². The van der Waals surface area contributed by atoms with E-state index in [0.29, 0.717) is 35.0 Å². The van der Waals surface area contributed by atoms with E-state index in [9.17, 15) is 14.9 Å². The maximum atomic E-state index is 12.8. The number of rotatable bonds is 10. The third-order valence-corrected chi connectivity index (χ3v) is 5.50. The van der Waals surface area contributed by atoms with E-state index in [2.05, 4.69) is 10.5 Å². The molecule has 0 saturated carbocycles. The SMILES string of the molecule is CCOc1cc(C=NNC(=O)c2cc3ccccc3cc2OC)ccc1OCc1ccc([N+](=O)[O-])cc1. The summed E-state index contributed by atoms with van der Waals surface area (Å²) < 4.78 is 17.0. The van der Waals surface area contributed by atoms with Gasteiger partial charge in [-0.15, -0.1) is 0 Å². The fourth-order valence-electron chi connectivity index (χ4n) is 3.66. The molecule has 0 radical (unpaired) electrons. The van der Waals surface area contributed by atoms with Gasteiger partial charge in [0, 0.05) is 12.1 Å². The van der Waals surface area contributed by atoms with Gasteiger partial charge < -0.3 is 14.2 Å². The average molecular weight is 500 g/mol. The average Bonchev–Trinajstić information content (AvgIpc) is 2.92. The lowest BCUT2D eigenvalue weighted by molar-refractivity contribution is -0.384. The van der Waals surface area contributed by atoms with E-state index < -0.39 is 10.8 Å². The molecule has 37 heavy (non-hydrogen) atoms. The van der Waals surface area contributed by atoms with E-state index >= 15 is 0 Å². The second kappa shape index (κ2) is 11.7. The van der Waals surface area contributed by atoms with Crippen LogP contribution in [0.15, 0.2) is 84.0 Å². The number of nitro benzene ring substituents is 1. The second-order valence-electron chi connectivity index (χ2n) is 7.95. The van der Waals surface area contributed by atoms with Crippen LogP contribution in [-0.2, 0) is 6.61 Å². The molecule has 0 aliphatic carbocycles. The zero-order valence-electron chi connectivity index (χ0n) is 20.3. The summed E-state index contributed by atoms with van der Waals surface area (Å²) in [6.45, 7) is 2.50. The van der Waals surface area contributed by atoms with Gasteiger partial charge in [0.1, 0.15) is 12.4 Å². The molecule has 0 unspecified atom stereocenters. The highest BCUT2D eigenvalue weighted by Crippen LogP contribution is 2.29. The molecule has 188 valence electrons. The quantitative estimate of drug-likeness (QED) is 0.175. The normalized spacial score (nSPS) is 10.9. The smallest absolute Gasteiger partial charge is 0.275 e. The van der Waals surface area contributed by atoms with Gasteiger partial charge in [-0.1, -0.05) is 24.3 Å². The van der Waals surface area contributed by atoms with Gasteiger partial charge in [-0.3, -0.25) is 14.9 Å². The van der Waals surface area contributed by atoms with Crippen molar-refractivity contribution in [2.75, 3.05) is 13.7 Å². The fraction of sp³-hybridized carbons (Fsp3) is 0.143. The molecule has 4 aromatic carbocycles. The van der Waals surface area contributed by atoms with Crippen LogP contribution >= 0.6 is 0 Å². The molecule has 0 saturated heterocycles. The highest BCUT2D eigenvalue weighted by Gasteiger charge is 2.13. The first-order valence-corrected chi connectivity index (χ1v) is 11.5. The van der Waals surface area contributed by atoms with Gasteiger partial charge >= 0.3 is 0 Å². The molecule has 0 bridgehead atoms. The van der Waals surface area contributed by atoms with Crippen molar-refractivity contribution in [1.29, 1.82) is 0 Å². The fourth-order valence-corrected chi connectivity index (χ4v) is 3.66. The molecule has 0 aromatic heterocycles. The Morgan fingerprint density at radius 3 is 2.35 bits per heavy atom. The lowest BCUT2D eigenvalue weighted by Crippen LogP contribution is -2.18. The van der Waals surface area contributed by atoms with E-state index in [1.807, 2.05) is 37.3 Å². The minimum absolute atomic E-state index is 0.0218. The molecule has 1 amide bonds. The molecule has 1 N–H and O–H groups in total. The van der Waals surface area contributed by atoms with Crippen LogP contribution in [0.3, 0.4) is 0 Å². The van der Waals surface area contributed by atoms with Crippen molar-refractivity contribution < 1.29 is 23.9 Å². The van der Waals surface area contributed by atoms with Crippen LogP contribution in [0.5, 0.6) is 17.2 Å². The molecule has 0 aliphatic heterocycles. The first kappa shape index (κ1) is 25.2. The molecular formula is C28H25N3O6. The lowest BCUT2D eigenvalue weighted by atomic mass is 10.1. The van der Waals surface area contributed by atoms with Crippen molar-refractivity contribution in [2.24, 2.45) is 5.10 Å². The van der Waals surface area contributed by atoms with Crippen LogP contribution in [0.2, 0.25) is 0 Å². The van der Waals surface area contributed by atoms with Crippen molar-refractivity contribution in [1.82, 2.24) is 5.43 Å². The predicted molar refractivity (Wildman–Crippen MR) is 141 cm³/mol. The Morgan fingerprint density at radius 1 is 0.946 bits per heavy atom. The van der Waals surface area contributed by atoms with E-state index in [0.717, 1.165) is 16.3 Å². The zero-order valence-corrected chi connectivity index (χ0v) is 20.3. The van der Waals surface area contributed by atoms with Crippen molar-refractivity contribution in [3.63, 3.8) is 0 Å². The Balaban J connectivity index is 1.44. The predicted octanol–water partition coefficient (Wildman–Crippen LogP) is 5.50. The molecule has 9 nitrogen and oxygen atoms in total. The van der Waals surface area contributed by atoms with Crippen molar-refractivity contribution >= 4 is 28.6 Å². The number of nitrogens with zero attached hydrogens (tertiary/aromatic N) is 2. The topological polar surface area (TPSA) is 112 Å². The van der Waals surface area contributed by atoms with E-state index in [1.54, 1.807) is 36.4 Å². The highest BCUT2D eigenvalue weighted by atomic mass is 16.6. The van der Waals surface area contributed by atoms with Gasteiger partial charge in [0.15, 0.2) is 11.5 Å². The molecule has 0 heterocycles. The third kappa shape index (κ3) is 6.21. The molecule has 9 heteroatoms. The minimum atomic E-state index is -0.446. The van der Waals surface area contributed by atoms with Gasteiger partial charge in [-0.05, 0) is 71.3 Å². The van der Waals surface area contributed by atoms with Crippen LogP contribution in [0, 0.1) is 10.1 Å². The number of nitro groups is 1. The van der Waals surface area contributed by atoms with Crippen LogP contribution in [0.4, 0.5) is 5.69 Å². The summed E-state index contributed by atoms with van der Waals surface area (Å²) in [6.07, 6.45) is 1.51. The Hall–Kier alpha value is -4.92. The lowest BCUT2D eigenvalue weighted by Gasteiger charge is -2.12. The minimum Gasteiger partial charge on any atom is -0.496 e. The number of hydrazone groups is 1. The third-order valence-electron chi connectivity index (χ3n) is 5.50. The number of hydrogen-bond donors (Lipinski definition) is 1. The molecule has 0 atom stereocenters. The maximum Gasteiger partial charge on any atom is 0.275 e. The van der Waals surface area contributed by atoms with Gasteiger partial charge in [-0.2, -0.15) is 5.10 Å². The van der Waals surface area contributed by atoms with Gasteiger partial charge in [-0.25, -0.2) is 5.43 Å². The maximum absolute atomic E-state index is 12.8.